The number of hydrogen-bond acceptors (Lipinski definition) is 2. The molecule has 0 atom stereocenters. The molecule has 0 bridgehead atoms. The van der Waals surface area contributed by atoms with Gasteiger partial charge in [-0.15, -0.1) is 11.3 Å². The molecular formula is C52H34N2S. The molecule has 11 aromatic rings. The molecule has 2 heterocycles. The predicted molar refractivity (Wildman–Crippen MR) is 237 cm³/mol. The van der Waals surface area contributed by atoms with Gasteiger partial charge in [-0.2, -0.15) is 0 Å². The summed E-state index contributed by atoms with van der Waals surface area (Å²) in [5.74, 6) is 0. The molecule has 258 valence electrons. The Labute approximate surface area is 323 Å². The van der Waals surface area contributed by atoms with Crippen molar-refractivity contribution < 1.29 is 0 Å². The van der Waals surface area contributed by atoms with Crippen molar-refractivity contribution in [2.24, 2.45) is 0 Å². The first-order valence-corrected chi connectivity index (χ1v) is 19.6. The highest BCUT2D eigenvalue weighted by atomic mass is 32.1. The molecule has 0 unspecified atom stereocenters. The molecule has 0 aliphatic heterocycles. The van der Waals surface area contributed by atoms with Crippen molar-refractivity contribution in [3.8, 4) is 27.9 Å². The highest BCUT2D eigenvalue weighted by Gasteiger charge is 2.18. The maximum Gasteiger partial charge on any atom is 0.0542 e. The van der Waals surface area contributed by atoms with Crippen LogP contribution in [0, 0.1) is 0 Å². The van der Waals surface area contributed by atoms with E-state index in [0.717, 1.165) is 22.7 Å². The van der Waals surface area contributed by atoms with Crippen molar-refractivity contribution >= 4 is 81.1 Å². The Morgan fingerprint density at radius 3 is 1.82 bits per heavy atom. The zero-order chi connectivity index (χ0) is 36.3. The van der Waals surface area contributed by atoms with Gasteiger partial charge in [0.25, 0.3) is 0 Å². The van der Waals surface area contributed by atoms with E-state index in [1.54, 1.807) is 0 Å². The SMILES string of the molecule is c1ccc(-c2cccc(N(c3ccc(-c4ccc5cc6sc7ccccc7c6cc5c4)cc3)c3ccc4c(c3)c3ccccc3n4-c3ccccc3)c2)cc1. The fourth-order valence-electron chi connectivity index (χ4n) is 8.31. The van der Waals surface area contributed by atoms with Gasteiger partial charge in [-0.1, -0.05) is 121 Å². The molecule has 2 aromatic heterocycles. The summed E-state index contributed by atoms with van der Waals surface area (Å²) < 4.78 is 5.05. The lowest BCUT2D eigenvalue weighted by atomic mass is 9.99. The van der Waals surface area contributed by atoms with E-state index < -0.39 is 0 Å². The fraction of sp³-hybridized carbons (Fsp3) is 0. The molecule has 0 saturated heterocycles. The number of para-hydroxylation sites is 2. The molecule has 3 heteroatoms. The standard InChI is InChI=1S/C52H34N2S/c1-3-12-35(13-4-1)37-14-11-17-43(31-37)53(44-28-29-50-47(34-44)45-18-7-9-20-49(45)54(50)41-15-5-2-6-16-41)42-26-24-36(25-27-42)38-22-23-39-33-52-48(32-40(39)30-38)46-19-8-10-21-51(46)55-52/h1-34H. The number of hydrogen-bond donors (Lipinski definition) is 0. The van der Waals surface area contributed by atoms with Crippen LogP contribution in [0.2, 0.25) is 0 Å². The third-order valence-electron chi connectivity index (χ3n) is 10.9. The van der Waals surface area contributed by atoms with E-state index in [1.165, 1.54) is 75.0 Å². The number of aromatic nitrogens is 1. The minimum atomic E-state index is 1.10. The van der Waals surface area contributed by atoms with Crippen LogP contribution < -0.4 is 4.90 Å². The molecule has 0 saturated carbocycles. The summed E-state index contributed by atoms with van der Waals surface area (Å²) in [7, 11) is 0. The summed E-state index contributed by atoms with van der Waals surface area (Å²) >= 11 is 1.87. The maximum absolute atomic E-state index is 2.39. The fourth-order valence-corrected chi connectivity index (χ4v) is 9.44. The molecule has 0 amide bonds. The third-order valence-corrected chi connectivity index (χ3v) is 12.1. The van der Waals surface area contributed by atoms with E-state index in [9.17, 15) is 0 Å². The molecule has 55 heavy (non-hydrogen) atoms. The number of rotatable bonds is 6. The van der Waals surface area contributed by atoms with Gasteiger partial charge in [-0.05, 0) is 118 Å². The summed E-state index contributed by atoms with van der Waals surface area (Å²) in [6.07, 6.45) is 0. The Morgan fingerprint density at radius 2 is 0.964 bits per heavy atom. The van der Waals surface area contributed by atoms with Gasteiger partial charge < -0.3 is 9.47 Å². The van der Waals surface area contributed by atoms with Gasteiger partial charge in [-0.3, -0.25) is 0 Å². The summed E-state index contributed by atoms with van der Waals surface area (Å²) in [5.41, 5.74) is 11.7. The largest absolute Gasteiger partial charge is 0.310 e. The second-order valence-electron chi connectivity index (χ2n) is 14.2. The smallest absolute Gasteiger partial charge is 0.0542 e. The van der Waals surface area contributed by atoms with Crippen molar-refractivity contribution in [2.45, 2.75) is 0 Å². The average Bonchev–Trinajstić information content (AvgIpc) is 3.78. The average molecular weight is 719 g/mol. The van der Waals surface area contributed by atoms with Gasteiger partial charge in [0.1, 0.15) is 0 Å². The Morgan fingerprint density at radius 1 is 0.327 bits per heavy atom. The van der Waals surface area contributed by atoms with Crippen LogP contribution >= 0.6 is 11.3 Å². The van der Waals surface area contributed by atoms with E-state index in [4.69, 9.17) is 0 Å². The van der Waals surface area contributed by atoms with Crippen LogP contribution in [-0.2, 0) is 0 Å². The molecule has 0 fully saturated rings. The van der Waals surface area contributed by atoms with Crippen molar-refractivity contribution in [2.75, 3.05) is 4.90 Å². The quantitative estimate of drug-likeness (QED) is 0.166. The monoisotopic (exact) mass is 718 g/mol. The second-order valence-corrected chi connectivity index (χ2v) is 15.3. The summed E-state index contributed by atoms with van der Waals surface area (Å²) in [5, 5.41) is 7.66. The van der Waals surface area contributed by atoms with E-state index in [-0.39, 0.29) is 0 Å². The molecule has 0 N–H and O–H groups in total. The van der Waals surface area contributed by atoms with Crippen LogP contribution in [0.5, 0.6) is 0 Å². The molecule has 0 radical (unpaired) electrons. The van der Waals surface area contributed by atoms with E-state index in [1.807, 2.05) is 11.3 Å². The molecule has 9 aromatic carbocycles. The van der Waals surface area contributed by atoms with Gasteiger partial charge >= 0.3 is 0 Å². The predicted octanol–water partition coefficient (Wildman–Crippen LogP) is 15.1. The lowest BCUT2D eigenvalue weighted by Gasteiger charge is -2.26. The van der Waals surface area contributed by atoms with E-state index in [0.29, 0.717) is 0 Å². The third kappa shape index (κ3) is 5.40. The van der Waals surface area contributed by atoms with Gasteiger partial charge in [0.2, 0.25) is 0 Å². The Balaban J connectivity index is 1.04. The van der Waals surface area contributed by atoms with Crippen LogP contribution in [0.25, 0.3) is 80.7 Å². The lowest BCUT2D eigenvalue weighted by Crippen LogP contribution is -2.10. The highest BCUT2D eigenvalue weighted by molar-refractivity contribution is 7.25. The van der Waals surface area contributed by atoms with Gasteiger partial charge in [0.15, 0.2) is 0 Å². The number of anilines is 3. The molecule has 0 aliphatic carbocycles. The zero-order valence-electron chi connectivity index (χ0n) is 29.9. The van der Waals surface area contributed by atoms with E-state index in [2.05, 4.69) is 216 Å². The van der Waals surface area contributed by atoms with Crippen LogP contribution in [0.1, 0.15) is 0 Å². The normalized spacial score (nSPS) is 11.6. The van der Waals surface area contributed by atoms with Crippen LogP contribution in [-0.4, -0.2) is 4.57 Å². The zero-order valence-corrected chi connectivity index (χ0v) is 30.7. The lowest BCUT2D eigenvalue weighted by molar-refractivity contribution is 1.18. The van der Waals surface area contributed by atoms with Crippen molar-refractivity contribution in [3.05, 3.63) is 206 Å². The number of fused-ring (bicyclic) bond motifs is 7. The van der Waals surface area contributed by atoms with Gasteiger partial charge in [0.05, 0.1) is 11.0 Å². The molecule has 0 spiro atoms. The van der Waals surface area contributed by atoms with E-state index >= 15 is 0 Å². The topological polar surface area (TPSA) is 8.17 Å². The maximum atomic E-state index is 2.39. The van der Waals surface area contributed by atoms with Crippen molar-refractivity contribution in [3.63, 3.8) is 0 Å². The minimum absolute atomic E-state index is 1.10. The number of benzene rings is 9. The summed E-state index contributed by atoms with van der Waals surface area (Å²) in [4.78, 5) is 2.39. The summed E-state index contributed by atoms with van der Waals surface area (Å²) in [6, 6.07) is 75.2. The second kappa shape index (κ2) is 12.9. The molecule has 0 aliphatic rings. The Bertz CT molecular complexity index is 3190. The summed E-state index contributed by atoms with van der Waals surface area (Å²) in [6.45, 7) is 0. The number of nitrogens with zero attached hydrogens (tertiary/aromatic N) is 2. The Hall–Kier alpha value is -6.94. The Kier molecular flexibility index (Phi) is 7.39. The first-order chi connectivity index (χ1) is 27.2. The molecule has 11 rings (SSSR count). The number of thiophene rings is 1. The minimum Gasteiger partial charge on any atom is -0.310 e. The van der Waals surface area contributed by atoms with Crippen LogP contribution in [0.3, 0.4) is 0 Å². The highest BCUT2D eigenvalue weighted by Crippen LogP contribution is 2.42. The van der Waals surface area contributed by atoms with Gasteiger partial charge in [-0.25, -0.2) is 0 Å². The van der Waals surface area contributed by atoms with Crippen LogP contribution in [0.4, 0.5) is 17.1 Å². The first kappa shape index (κ1) is 31.6. The van der Waals surface area contributed by atoms with Crippen molar-refractivity contribution in [1.29, 1.82) is 0 Å². The molecule has 2 nitrogen and oxygen atoms in total. The molecular weight excluding hydrogens is 685 g/mol. The van der Waals surface area contributed by atoms with Crippen LogP contribution in [0.15, 0.2) is 206 Å². The van der Waals surface area contributed by atoms with Gasteiger partial charge in [0, 0.05) is 53.7 Å². The first-order valence-electron chi connectivity index (χ1n) is 18.7. The van der Waals surface area contributed by atoms with Crippen molar-refractivity contribution in [1.82, 2.24) is 4.57 Å².